The number of hydrogen-bond donors (Lipinski definition) is 1. The lowest BCUT2D eigenvalue weighted by Gasteiger charge is -2.32. The van der Waals surface area contributed by atoms with Crippen molar-refractivity contribution in [2.24, 2.45) is 5.92 Å². The van der Waals surface area contributed by atoms with E-state index in [9.17, 15) is 8.78 Å². The van der Waals surface area contributed by atoms with Crippen molar-refractivity contribution in [2.75, 3.05) is 0 Å². The van der Waals surface area contributed by atoms with Crippen LogP contribution in [-0.2, 0) is 0 Å². The van der Waals surface area contributed by atoms with E-state index in [1.807, 2.05) is 12.3 Å². The molecule has 1 aliphatic carbocycles. The van der Waals surface area contributed by atoms with Crippen LogP contribution < -0.4 is 0 Å². The average Bonchev–Trinajstić information content (AvgIpc) is 3.29. The topological polar surface area (TPSA) is 54.5 Å². The van der Waals surface area contributed by atoms with Crippen LogP contribution in [0.25, 0.3) is 22.3 Å². The van der Waals surface area contributed by atoms with Gasteiger partial charge in [0.1, 0.15) is 17.5 Å². The largest absolute Gasteiger partial charge is 0.325 e. The highest BCUT2D eigenvalue weighted by Crippen LogP contribution is 2.42. The fourth-order valence-corrected chi connectivity index (χ4v) is 4.87. The standard InChI is InChI=1S/C25H24F2N4/c1-15(24-29-25(31-30-24)18-6-8-19(26)9-7-18)16-2-4-17(5-3-16)21-12-13-28-23-11-10-20(27)14-22(21)23/h6-17H,2-5H2,1H3,(H,29,30,31)/t15?,16-,17+. The third kappa shape index (κ3) is 3.94. The first-order chi connectivity index (χ1) is 15.1. The molecule has 4 nitrogen and oxygen atoms in total. The molecule has 1 atom stereocenters. The van der Waals surface area contributed by atoms with Gasteiger partial charge in [0.25, 0.3) is 0 Å². The van der Waals surface area contributed by atoms with Crippen molar-refractivity contribution >= 4 is 10.9 Å². The number of aromatic amines is 1. The van der Waals surface area contributed by atoms with Crippen molar-refractivity contribution in [1.82, 2.24) is 20.2 Å². The van der Waals surface area contributed by atoms with E-state index in [1.165, 1.54) is 23.8 Å². The normalized spacial score (nSPS) is 20.1. The molecule has 1 unspecified atom stereocenters. The molecule has 0 amide bonds. The second-order valence-electron chi connectivity index (χ2n) is 8.53. The van der Waals surface area contributed by atoms with Gasteiger partial charge in [-0.25, -0.2) is 8.78 Å². The van der Waals surface area contributed by atoms with Gasteiger partial charge in [-0.1, -0.05) is 6.92 Å². The second-order valence-corrected chi connectivity index (χ2v) is 8.53. The number of nitrogens with zero attached hydrogens (tertiary/aromatic N) is 3. The summed E-state index contributed by atoms with van der Waals surface area (Å²) in [6.07, 6.45) is 6.11. The number of benzene rings is 2. The van der Waals surface area contributed by atoms with Gasteiger partial charge in [-0.3, -0.25) is 4.98 Å². The molecule has 1 N–H and O–H groups in total. The SMILES string of the molecule is CC(c1nnc(-c2ccc(F)cc2)[nH]1)[C@H]1CC[C@@H](c2ccnc3ccc(F)cc32)CC1. The summed E-state index contributed by atoms with van der Waals surface area (Å²) < 4.78 is 27.0. The maximum absolute atomic E-state index is 13.8. The minimum atomic E-state index is -0.265. The Balaban J connectivity index is 1.29. The first-order valence-corrected chi connectivity index (χ1v) is 10.8. The van der Waals surface area contributed by atoms with Gasteiger partial charge in [-0.05, 0) is 91.6 Å². The summed E-state index contributed by atoms with van der Waals surface area (Å²) in [4.78, 5) is 7.71. The predicted octanol–water partition coefficient (Wildman–Crippen LogP) is 6.38. The molecule has 0 aliphatic heterocycles. The fraction of sp³-hybridized carbons (Fsp3) is 0.320. The van der Waals surface area contributed by atoms with Gasteiger partial charge in [0.2, 0.25) is 0 Å². The second kappa shape index (κ2) is 8.17. The van der Waals surface area contributed by atoms with Crippen LogP contribution in [0.3, 0.4) is 0 Å². The molecule has 0 saturated heterocycles. The molecule has 2 aromatic carbocycles. The molecule has 0 bridgehead atoms. The van der Waals surface area contributed by atoms with E-state index < -0.39 is 0 Å². The van der Waals surface area contributed by atoms with Crippen molar-refractivity contribution in [2.45, 2.75) is 44.4 Å². The summed E-state index contributed by atoms with van der Waals surface area (Å²) in [6, 6.07) is 13.1. The van der Waals surface area contributed by atoms with Gasteiger partial charge in [0, 0.05) is 23.1 Å². The molecule has 0 spiro atoms. The van der Waals surface area contributed by atoms with Crippen molar-refractivity contribution in [3.05, 3.63) is 77.8 Å². The molecule has 1 saturated carbocycles. The summed E-state index contributed by atoms with van der Waals surface area (Å²) in [5.74, 6) is 2.24. The van der Waals surface area contributed by atoms with Crippen molar-refractivity contribution in [3.8, 4) is 11.4 Å². The van der Waals surface area contributed by atoms with Crippen LogP contribution in [0.1, 0.15) is 55.8 Å². The third-order valence-corrected chi connectivity index (χ3v) is 6.71. The summed E-state index contributed by atoms with van der Waals surface area (Å²) in [6.45, 7) is 2.19. The molecule has 4 aromatic rings. The first kappa shape index (κ1) is 19.8. The van der Waals surface area contributed by atoms with Gasteiger partial charge in [0.15, 0.2) is 5.82 Å². The molecular weight excluding hydrogens is 394 g/mol. The lowest BCUT2D eigenvalue weighted by atomic mass is 9.73. The van der Waals surface area contributed by atoms with E-state index in [1.54, 1.807) is 24.3 Å². The van der Waals surface area contributed by atoms with E-state index in [2.05, 4.69) is 27.1 Å². The molecule has 0 radical (unpaired) electrons. The highest BCUT2D eigenvalue weighted by Gasteiger charge is 2.29. The highest BCUT2D eigenvalue weighted by molar-refractivity contribution is 5.82. The Hall–Kier alpha value is -3.15. The Morgan fingerprint density at radius 2 is 1.65 bits per heavy atom. The first-order valence-electron chi connectivity index (χ1n) is 10.8. The molecule has 2 heterocycles. The maximum Gasteiger partial charge on any atom is 0.161 e. The zero-order valence-electron chi connectivity index (χ0n) is 17.4. The average molecular weight is 418 g/mol. The lowest BCUT2D eigenvalue weighted by molar-refractivity contribution is 0.286. The Kier molecular flexibility index (Phi) is 5.22. The molecular formula is C25H24F2N4. The molecule has 31 heavy (non-hydrogen) atoms. The van der Waals surface area contributed by atoms with Gasteiger partial charge in [-0.15, -0.1) is 10.2 Å². The number of H-pyrrole nitrogens is 1. The Morgan fingerprint density at radius 1 is 0.903 bits per heavy atom. The Morgan fingerprint density at radius 3 is 2.42 bits per heavy atom. The van der Waals surface area contributed by atoms with Gasteiger partial charge >= 0.3 is 0 Å². The zero-order valence-corrected chi connectivity index (χ0v) is 17.4. The molecule has 158 valence electrons. The fourth-order valence-electron chi connectivity index (χ4n) is 4.87. The molecule has 2 aromatic heterocycles. The summed E-state index contributed by atoms with van der Waals surface area (Å²) in [7, 11) is 0. The van der Waals surface area contributed by atoms with Crippen LogP contribution in [0.4, 0.5) is 8.78 Å². The number of halogens is 2. The number of aromatic nitrogens is 4. The van der Waals surface area contributed by atoms with Crippen molar-refractivity contribution in [3.63, 3.8) is 0 Å². The zero-order chi connectivity index (χ0) is 21.4. The third-order valence-electron chi connectivity index (χ3n) is 6.71. The minimum absolute atomic E-state index is 0.216. The van der Waals surface area contributed by atoms with E-state index in [0.29, 0.717) is 17.7 Å². The number of rotatable bonds is 4. The number of fused-ring (bicyclic) bond motifs is 1. The van der Waals surface area contributed by atoms with Crippen LogP contribution in [0.2, 0.25) is 0 Å². The quantitative estimate of drug-likeness (QED) is 0.419. The molecule has 5 rings (SSSR count). The lowest BCUT2D eigenvalue weighted by Crippen LogP contribution is -2.19. The van der Waals surface area contributed by atoms with Crippen LogP contribution in [0, 0.1) is 17.6 Å². The maximum atomic E-state index is 13.8. The molecule has 6 heteroatoms. The van der Waals surface area contributed by atoms with Crippen molar-refractivity contribution in [1.29, 1.82) is 0 Å². The van der Waals surface area contributed by atoms with Crippen LogP contribution >= 0.6 is 0 Å². The van der Waals surface area contributed by atoms with E-state index in [4.69, 9.17) is 0 Å². The number of pyridine rings is 1. The summed E-state index contributed by atoms with van der Waals surface area (Å²) in [5.41, 5.74) is 2.88. The highest BCUT2D eigenvalue weighted by atomic mass is 19.1. The summed E-state index contributed by atoms with van der Waals surface area (Å²) in [5, 5.41) is 9.56. The van der Waals surface area contributed by atoms with Crippen molar-refractivity contribution < 1.29 is 8.78 Å². The summed E-state index contributed by atoms with van der Waals surface area (Å²) >= 11 is 0. The number of hydrogen-bond acceptors (Lipinski definition) is 3. The molecule has 1 aliphatic rings. The van der Waals surface area contributed by atoms with Gasteiger partial charge in [-0.2, -0.15) is 0 Å². The Labute approximate surface area is 179 Å². The number of nitrogens with one attached hydrogen (secondary N) is 1. The van der Waals surface area contributed by atoms with Gasteiger partial charge in [0.05, 0.1) is 5.52 Å². The van der Waals surface area contributed by atoms with E-state index >= 15 is 0 Å². The Bertz CT molecular complexity index is 1190. The van der Waals surface area contributed by atoms with Crippen LogP contribution in [-0.4, -0.2) is 20.2 Å². The van der Waals surface area contributed by atoms with E-state index in [0.717, 1.165) is 48.0 Å². The van der Waals surface area contributed by atoms with Crippen LogP contribution in [0.5, 0.6) is 0 Å². The van der Waals surface area contributed by atoms with Crippen LogP contribution in [0.15, 0.2) is 54.7 Å². The van der Waals surface area contributed by atoms with Gasteiger partial charge < -0.3 is 4.98 Å². The minimum Gasteiger partial charge on any atom is -0.325 e. The van der Waals surface area contributed by atoms with E-state index in [-0.39, 0.29) is 17.6 Å². The monoisotopic (exact) mass is 418 g/mol. The predicted molar refractivity (Wildman–Crippen MR) is 117 cm³/mol. The smallest absolute Gasteiger partial charge is 0.161 e. The molecule has 1 fully saturated rings.